The summed E-state index contributed by atoms with van der Waals surface area (Å²) in [5.41, 5.74) is 6.92. The maximum Gasteiger partial charge on any atom is 0.123 e. The molecule has 0 aliphatic carbocycles. The molecule has 3 N–H and O–H groups in total. The van der Waals surface area contributed by atoms with Crippen molar-refractivity contribution < 1.29 is 9.84 Å². The molecule has 18 heavy (non-hydrogen) atoms. The standard InChI is InChI=1S/C14H14ClNO2/c15-11-4-1-3-10(7-11)14(16)9-18-13-6-2-5-12(17)8-13/h1-8,14,17H,9,16H2. The molecule has 2 aromatic carbocycles. The van der Waals surface area contributed by atoms with Crippen LogP contribution in [0.2, 0.25) is 5.02 Å². The first-order valence-corrected chi connectivity index (χ1v) is 5.96. The molecular formula is C14H14ClNO2. The Morgan fingerprint density at radius 3 is 2.67 bits per heavy atom. The number of hydrogen-bond donors (Lipinski definition) is 2. The highest BCUT2D eigenvalue weighted by atomic mass is 35.5. The molecule has 0 saturated carbocycles. The van der Waals surface area contributed by atoms with Crippen LogP contribution < -0.4 is 10.5 Å². The van der Waals surface area contributed by atoms with E-state index in [0.717, 1.165) is 5.56 Å². The van der Waals surface area contributed by atoms with E-state index >= 15 is 0 Å². The van der Waals surface area contributed by atoms with Crippen molar-refractivity contribution in [3.8, 4) is 11.5 Å². The number of phenols is 1. The van der Waals surface area contributed by atoms with Crippen molar-refractivity contribution in [2.45, 2.75) is 6.04 Å². The van der Waals surface area contributed by atoms with Crippen LogP contribution in [0.1, 0.15) is 11.6 Å². The highest BCUT2D eigenvalue weighted by molar-refractivity contribution is 6.30. The van der Waals surface area contributed by atoms with Gasteiger partial charge in [-0.25, -0.2) is 0 Å². The fourth-order valence-corrected chi connectivity index (χ4v) is 1.79. The van der Waals surface area contributed by atoms with Crippen molar-refractivity contribution in [3.05, 3.63) is 59.1 Å². The van der Waals surface area contributed by atoms with E-state index in [0.29, 0.717) is 17.4 Å². The number of phenolic OH excluding ortho intramolecular Hbond substituents is 1. The highest BCUT2D eigenvalue weighted by Crippen LogP contribution is 2.20. The number of benzene rings is 2. The monoisotopic (exact) mass is 263 g/mol. The van der Waals surface area contributed by atoms with Gasteiger partial charge in [0.25, 0.3) is 0 Å². The molecule has 3 nitrogen and oxygen atoms in total. The summed E-state index contributed by atoms with van der Waals surface area (Å²) >= 11 is 5.90. The van der Waals surface area contributed by atoms with Gasteiger partial charge >= 0.3 is 0 Å². The van der Waals surface area contributed by atoms with Crippen LogP contribution in [-0.4, -0.2) is 11.7 Å². The van der Waals surface area contributed by atoms with Crippen LogP contribution in [-0.2, 0) is 0 Å². The minimum Gasteiger partial charge on any atom is -0.508 e. The second kappa shape index (κ2) is 5.76. The van der Waals surface area contributed by atoms with Gasteiger partial charge in [0.15, 0.2) is 0 Å². The van der Waals surface area contributed by atoms with Crippen molar-refractivity contribution in [3.63, 3.8) is 0 Å². The zero-order chi connectivity index (χ0) is 13.0. The van der Waals surface area contributed by atoms with Gasteiger partial charge in [-0.15, -0.1) is 0 Å². The summed E-state index contributed by atoms with van der Waals surface area (Å²) in [7, 11) is 0. The Morgan fingerprint density at radius 2 is 1.94 bits per heavy atom. The highest BCUT2D eigenvalue weighted by Gasteiger charge is 2.07. The van der Waals surface area contributed by atoms with E-state index in [9.17, 15) is 5.11 Å². The number of nitrogens with two attached hydrogens (primary N) is 1. The lowest BCUT2D eigenvalue weighted by atomic mass is 10.1. The molecule has 0 amide bonds. The van der Waals surface area contributed by atoms with Gasteiger partial charge in [-0.05, 0) is 29.8 Å². The number of ether oxygens (including phenoxy) is 1. The molecule has 4 heteroatoms. The van der Waals surface area contributed by atoms with E-state index in [1.165, 1.54) is 0 Å². The van der Waals surface area contributed by atoms with Gasteiger partial charge in [-0.3, -0.25) is 0 Å². The predicted octanol–water partition coefficient (Wildman–Crippen LogP) is 3.12. The number of hydrogen-bond acceptors (Lipinski definition) is 3. The van der Waals surface area contributed by atoms with E-state index in [-0.39, 0.29) is 11.8 Å². The summed E-state index contributed by atoms with van der Waals surface area (Å²) in [4.78, 5) is 0. The molecule has 0 radical (unpaired) electrons. The van der Waals surface area contributed by atoms with E-state index in [2.05, 4.69) is 0 Å². The molecule has 0 aliphatic heterocycles. The Morgan fingerprint density at radius 1 is 1.17 bits per heavy atom. The van der Waals surface area contributed by atoms with E-state index in [4.69, 9.17) is 22.1 Å². The summed E-state index contributed by atoms with van der Waals surface area (Å²) in [6.45, 7) is 0.323. The average molecular weight is 264 g/mol. The third-order valence-electron chi connectivity index (χ3n) is 2.52. The number of halogens is 1. The van der Waals surface area contributed by atoms with Gasteiger partial charge in [0.2, 0.25) is 0 Å². The van der Waals surface area contributed by atoms with Crippen LogP contribution in [0.5, 0.6) is 11.5 Å². The Kier molecular flexibility index (Phi) is 4.07. The molecule has 0 heterocycles. The average Bonchev–Trinajstić information content (AvgIpc) is 2.36. The summed E-state index contributed by atoms with van der Waals surface area (Å²) in [5.74, 6) is 0.760. The van der Waals surface area contributed by atoms with Crippen molar-refractivity contribution in [2.24, 2.45) is 5.73 Å². The minimum atomic E-state index is -0.258. The van der Waals surface area contributed by atoms with Crippen LogP contribution in [0.4, 0.5) is 0 Å². The maximum atomic E-state index is 9.30. The first-order valence-electron chi connectivity index (χ1n) is 5.58. The zero-order valence-corrected chi connectivity index (χ0v) is 10.5. The first-order chi connectivity index (χ1) is 8.65. The van der Waals surface area contributed by atoms with E-state index < -0.39 is 0 Å². The van der Waals surface area contributed by atoms with Gasteiger partial charge in [-0.1, -0.05) is 29.8 Å². The Balaban J connectivity index is 1.98. The van der Waals surface area contributed by atoms with E-state index in [1.807, 2.05) is 18.2 Å². The lowest BCUT2D eigenvalue weighted by Crippen LogP contribution is -2.18. The van der Waals surface area contributed by atoms with Gasteiger partial charge < -0.3 is 15.6 Å². The molecule has 0 fully saturated rings. The number of aromatic hydroxyl groups is 1. The molecular weight excluding hydrogens is 250 g/mol. The second-order valence-electron chi connectivity index (χ2n) is 3.97. The van der Waals surface area contributed by atoms with Crippen LogP contribution in [0.3, 0.4) is 0 Å². The molecule has 0 aliphatic rings. The van der Waals surface area contributed by atoms with Gasteiger partial charge in [-0.2, -0.15) is 0 Å². The molecule has 94 valence electrons. The topological polar surface area (TPSA) is 55.5 Å². The predicted molar refractivity (Wildman–Crippen MR) is 72.0 cm³/mol. The van der Waals surface area contributed by atoms with Crippen LogP contribution >= 0.6 is 11.6 Å². The van der Waals surface area contributed by atoms with Crippen LogP contribution in [0.25, 0.3) is 0 Å². The van der Waals surface area contributed by atoms with Crippen LogP contribution in [0, 0.1) is 0 Å². The Labute approximate surface area is 111 Å². The minimum absolute atomic E-state index is 0.170. The fourth-order valence-electron chi connectivity index (χ4n) is 1.59. The maximum absolute atomic E-state index is 9.30. The summed E-state index contributed by atoms with van der Waals surface area (Å²) in [6.07, 6.45) is 0. The normalized spacial score (nSPS) is 12.1. The van der Waals surface area contributed by atoms with Crippen molar-refractivity contribution in [1.29, 1.82) is 0 Å². The zero-order valence-electron chi connectivity index (χ0n) is 9.71. The summed E-state index contributed by atoms with van der Waals surface area (Å²) < 4.78 is 5.51. The second-order valence-corrected chi connectivity index (χ2v) is 4.41. The Bertz CT molecular complexity index is 531. The number of rotatable bonds is 4. The van der Waals surface area contributed by atoms with Crippen molar-refractivity contribution in [1.82, 2.24) is 0 Å². The molecule has 0 saturated heterocycles. The molecule has 1 unspecified atom stereocenters. The summed E-state index contributed by atoms with van der Waals surface area (Å²) in [5, 5.41) is 9.96. The lowest BCUT2D eigenvalue weighted by molar-refractivity contribution is 0.289. The van der Waals surface area contributed by atoms with Gasteiger partial charge in [0.1, 0.15) is 18.1 Å². The largest absolute Gasteiger partial charge is 0.508 e. The lowest BCUT2D eigenvalue weighted by Gasteiger charge is -2.14. The Hall–Kier alpha value is -1.71. The van der Waals surface area contributed by atoms with Crippen LogP contribution in [0.15, 0.2) is 48.5 Å². The third-order valence-corrected chi connectivity index (χ3v) is 2.76. The molecule has 2 rings (SSSR count). The quantitative estimate of drug-likeness (QED) is 0.891. The summed E-state index contributed by atoms with van der Waals surface area (Å²) in [6, 6.07) is 13.7. The molecule has 2 aromatic rings. The van der Waals surface area contributed by atoms with E-state index in [1.54, 1.807) is 30.3 Å². The van der Waals surface area contributed by atoms with Gasteiger partial charge in [0, 0.05) is 11.1 Å². The molecule has 0 bridgehead atoms. The third kappa shape index (κ3) is 3.39. The SMILES string of the molecule is NC(COc1cccc(O)c1)c1cccc(Cl)c1. The first kappa shape index (κ1) is 12.7. The van der Waals surface area contributed by atoms with Gasteiger partial charge in [0.05, 0.1) is 6.04 Å². The molecule has 0 aromatic heterocycles. The molecule has 1 atom stereocenters. The molecule has 0 spiro atoms. The smallest absolute Gasteiger partial charge is 0.123 e. The van der Waals surface area contributed by atoms with Crippen molar-refractivity contribution in [2.75, 3.05) is 6.61 Å². The fraction of sp³-hybridized carbons (Fsp3) is 0.143. The van der Waals surface area contributed by atoms with Crippen molar-refractivity contribution >= 4 is 11.6 Å².